The number of ether oxygens (including phenoxy) is 6. The standard InChI is InChI=1S/4C13H26O.2C12H25NO/c1-12(2,3)10-7-11(9-14-8-10)13(4,5)6;1-12(2,3)10-7-8-14-11(9-10)13(4,5)6;2*1-12(2,3)10-8-7-9-11(14-10)13(4,5)6;1-11(2,3)9-7-14-8-10(13-9)12(4,5)6;1-11(2,3)10-9-13(7-8-14-10)12(4,5)6/h4*10-11H,7-9H2,1-6H3;9-10,13H,7-8H2,1-6H3;10H,7-9H2,1-6H3. The summed E-state index contributed by atoms with van der Waals surface area (Å²) in [6, 6.07) is 0.945. The first-order valence-electron chi connectivity index (χ1n) is 34.5. The molecule has 504 valence electrons. The third-order valence-electron chi connectivity index (χ3n) is 19.6. The fraction of sp³-hybridized carbons (Fsp3) is 1.00. The molecule has 6 aliphatic rings. The molecule has 84 heavy (non-hydrogen) atoms. The van der Waals surface area contributed by atoms with Crippen LogP contribution >= 0.6 is 0 Å². The number of nitrogens with one attached hydrogen (secondary N) is 1. The van der Waals surface area contributed by atoms with Crippen molar-refractivity contribution in [1.29, 1.82) is 0 Å². The van der Waals surface area contributed by atoms with Crippen LogP contribution in [0.15, 0.2) is 0 Å². The molecule has 0 saturated carbocycles. The van der Waals surface area contributed by atoms with Crippen molar-refractivity contribution < 1.29 is 28.4 Å². The number of morpholine rings is 2. The van der Waals surface area contributed by atoms with Gasteiger partial charge in [-0.05, 0) is 156 Å². The summed E-state index contributed by atoms with van der Waals surface area (Å²) in [5.74, 6) is 2.27. The molecule has 6 rings (SSSR count). The van der Waals surface area contributed by atoms with Gasteiger partial charge in [0.25, 0.3) is 0 Å². The lowest BCUT2D eigenvalue weighted by molar-refractivity contribution is -0.135. The summed E-state index contributed by atoms with van der Waals surface area (Å²) in [7, 11) is 0. The van der Waals surface area contributed by atoms with E-state index in [0.717, 1.165) is 70.5 Å². The third kappa shape index (κ3) is 30.7. The second-order valence-corrected chi connectivity index (χ2v) is 40.1. The molecule has 0 bridgehead atoms. The Labute approximate surface area is 527 Å². The van der Waals surface area contributed by atoms with E-state index >= 15 is 0 Å². The summed E-state index contributed by atoms with van der Waals surface area (Å²) in [4.78, 5) is 2.52. The van der Waals surface area contributed by atoms with E-state index in [-0.39, 0.29) is 21.8 Å². The van der Waals surface area contributed by atoms with Crippen LogP contribution in [0, 0.1) is 77.3 Å². The molecular formula is C76H154N2O6. The van der Waals surface area contributed by atoms with E-state index in [0.29, 0.717) is 92.0 Å². The highest BCUT2D eigenvalue weighted by Crippen LogP contribution is 2.44. The van der Waals surface area contributed by atoms with Gasteiger partial charge in [0.2, 0.25) is 0 Å². The predicted octanol–water partition coefficient (Wildman–Crippen LogP) is 20.6. The lowest BCUT2D eigenvalue weighted by Crippen LogP contribution is -2.58. The Kier molecular flexibility index (Phi) is 30.9. The minimum Gasteiger partial charge on any atom is -0.381 e. The summed E-state index contributed by atoms with van der Waals surface area (Å²) in [6.07, 6.45) is 14.0. The quantitative estimate of drug-likeness (QED) is 0.257. The van der Waals surface area contributed by atoms with Gasteiger partial charge in [-0.15, -0.1) is 0 Å². The zero-order chi connectivity index (χ0) is 65.9. The van der Waals surface area contributed by atoms with Crippen LogP contribution in [0.1, 0.15) is 307 Å². The Balaban J connectivity index is 0.000000504. The van der Waals surface area contributed by atoms with Crippen molar-refractivity contribution in [3.63, 3.8) is 0 Å². The molecule has 0 aromatic carbocycles. The van der Waals surface area contributed by atoms with Crippen LogP contribution in [-0.2, 0) is 28.4 Å². The van der Waals surface area contributed by atoms with Gasteiger partial charge in [-0.1, -0.05) is 228 Å². The van der Waals surface area contributed by atoms with Gasteiger partial charge < -0.3 is 33.7 Å². The van der Waals surface area contributed by atoms with Crippen LogP contribution in [0.5, 0.6) is 0 Å². The number of hydrogen-bond acceptors (Lipinski definition) is 8. The van der Waals surface area contributed by atoms with Gasteiger partial charge >= 0.3 is 0 Å². The minimum absolute atomic E-state index is 0.254. The van der Waals surface area contributed by atoms with Crippen LogP contribution in [0.4, 0.5) is 0 Å². The third-order valence-corrected chi connectivity index (χ3v) is 19.6. The highest BCUT2D eigenvalue weighted by molar-refractivity contribution is 4.93. The Hall–Kier alpha value is -0.320. The summed E-state index contributed by atoms with van der Waals surface area (Å²) in [5, 5.41) is 3.71. The predicted molar refractivity (Wildman–Crippen MR) is 367 cm³/mol. The van der Waals surface area contributed by atoms with Crippen LogP contribution in [-0.4, -0.2) is 112 Å². The summed E-state index contributed by atoms with van der Waals surface area (Å²) in [6.45, 7) is 89.9. The van der Waals surface area contributed by atoms with Crippen molar-refractivity contribution in [3.8, 4) is 0 Å². The first kappa shape index (κ1) is 81.7. The number of nitrogens with zero attached hydrogens (tertiary/aromatic N) is 1. The van der Waals surface area contributed by atoms with Crippen LogP contribution in [0.3, 0.4) is 0 Å². The molecule has 6 saturated heterocycles. The summed E-state index contributed by atoms with van der Waals surface area (Å²) < 4.78 is 35.6. The van der Waals surface area contributed by atoms with Gasteiger partial charge in [-0.3, -0.25) is 4.90 Å². The maximum Gasteiger partial charge on any atom is 0.0750 e. The number of hydrogen-bond donors (Lipinski definition) is 1. The zero-order valence-electron chi connectivity index (χ0n) is 63.8. The van der Waals surface area contributed by atoms with Crippen LogP contribution in [0.25, 0.3) is 0 Å². The molecule has 8 heteroatoms. The Morgan fingerprint density at radius 3 is 0.893 bits per heavy atom. The van der Waals surface area contributed by atoms with E-state index in [1.165, 1.54) is 57.8 Å². The Morgan fingerprint density at radius 1 is 0.298 bits per heavy atom. The molecule has 8 nitrogen and oxygen atoms in total. The molecule has 6 aliphatic heterocycles. The van der Waals surface area contributed by atoms with E-state index in [2.05, 4.69) is 259 Å². The molecule has 0 amide bonds. The maximum absolute atomic E-state index is 6.22. The first-order valence-corrected chi connectivity index (χ1v) is 34.5. The maximum atomic E-state index is 6.22. The molecule has 1 N–H and O–H groups in total. The van der Waals surface area contributed by atoms with Gasteiger partial charge in [0.1, 0.15) is 0 Å². The van der Waals surface area contributed by atoms with Gasteiger partial charge in [-0.2, -0.15) is 0 Å². The van der Waals surface area contributed by atoms with Crippen LogP contribution in [0.2, 0.25) is 0 Å². The largest absolute Gasteiger partial charge is 0.381 e. The molecule has 6 fully saturated rings. The van der Waals surface area contributed by atoms with E-state index < -0.39 is 0 Å². The highest BCUT2D eigenvalue weighted by atomic mass is 16.5. The summed E-state index contributed by atoms with van der Waals surface area (Å²) >= 11 is 0. The molecule has 0 spiro atoms. The summed E-state index contributed by atoms with van der Waals surface area (Å²) in [5.41, 5.74) is 3.79. The second kappa shape index (κ2) is 31.8. The van der Waals surface area contributed by atoms with E-state index in [1.807, 2.05) is 0 Å². The van der Waals surface area contributed by atoms with Gasteiger partial charge in [0.15, 0.2) is 0 Å². The Bertz CT molecular complexity index is 1330. The van der Waals surface area contributed by atoms with E-state index in [4.69, 9.17) is 28.4 Å². The van der Waals surface area contributed by atoms with Crippen LogP contribution < -0.4 is 5.32 Å². The molecule has 0 aliphatic carbocycles. The lowest BCUT2D eigenvalue weighted by atomic mass is 9.69. The van der Waals surface area contributed by atoms with Gasteiger partial charge in [-0.25, -0.2) is 0 Å². The van der Waals surface area contributed by atoms with Crippen molar-refractivity contribution in [1.82, 2.24) is 10.2 Å². The van der Waals surface area contributed by atoms with Gasteiger partial charge in [0.05, 0.1) is 56.4 Å². The van der Waals surface area contributed by atoms with Crippen molar-refractivity contribution in [2.75, 3.05) is 52.7 Å². The molecular weight excluding hydrogens is 1040 g/mol. The lowest BCUT2D eigenvalue weighted by Gasteiger charge is -2.45. The molecule has 0 radical (unpaired) electrons. The van der Waals surface area contributed by atoms with Crippen molar-refractivity contribution in [2.45, 2.75) is 361 Å². The zero-order valence-corrected chi connectivity index (χ0v) is 63.8. The number of rotatable bonds is 0. The topological polar surface area (TPSA) is 70.7 Å². The first-order chi connectivity index (χ1) is 37.3. The van der Waals surface area contributed by atoms with E-state index in [1.54, 1.807) is 0 Å². The molecule has 0 aromatic rings. The molecule has 0 aromatic heterocycles. The van der Waals surface area contributed by atoms with Gasteiger partial charge in [0, 0.05) is 50.5 Å². The normalized spacial score (nSPS) is 29.8. The molecule has 6 heterocycles. The van der Waals surface area contributed by atoms with Crippen molar-refractivity contribution in [3.05, 3.63) is 0 Å². The smallest absolute Gasteiger partial charge is 0.0750 e. The average Bonchev–Trinajstić information content (AvgIpc) is 3.52. The fourth-order valence-electron chi connectivity index (χ4n) is 11.8. The SMILES string of the molecule is CC(C)(C)C1CCCC(C(C)(C)C)O1.CC(C)(C)C1CCCC(C(C)(C)C)O1.CC(C)(C)C1CCOC(C(C)(C)C)C1.CC(C)(C)C1CN(C(C)(C)C)CCO1.CC(C)(C)C1COCC(C(C)(C)C)C1.CC(C)(C)C1COCC(C(C)(C)C)N1. The fourth-order valence-corrected chi connectivity index (χ4v) is 11.8. The monoisotopic (exact) mass is 1190 g/mol. The Morgan fingerprint density at radius 2 is 0.607 bits per heavy atom. The van der Waals surface area contributed by atoms with E-state index in [9.17, 15) is 0 Å². The average molecular weight is 1190 g/mol. The van der Waals surface area contributed by atoms with Crippen molar-refractivity contribution in [2.24, 2.45) is 77.3 Å². The minimum atomic E-state index is 0.254. The van der Waals surface area contributed by atoms with Crippen molar-refractivity contribution >= 4 is 0 Å². The second-order valence-electron chi connectivity index (χ2n) is 40.1. The molecule has 11 atom stereocenters. The highest BCUT2D eigenvalue weighted by Gasteiger charge is 2.41. The molecule has 11 unspecified atom stereocenters.